The number of amides is 1. The average Bonchev–Trinajstić information content (AvgIpc) is 3.10. The largest absolute Gasteiger partial charge is 0.506 e. The number of anilines is 5. The molecule has 1 aromatic heterocycles. The molecular formula is C35H42N8O4S. The zero-order chi connectivity index (χ0) is 33.5. The molecule has 0 aliphatic carbocycles. The van der Waals surface area contributed by atoms with Gasteiger partial charge in [-0.15, -0.1) is 0 Å². The molecule has 4 aromatic rings. The predicted octanol–water partition coefficient (Wildman–Crippen LogP) is 5.14. The molecule has 0 spiro atoms. The first-order chi connectivity index (χ1) is 23.2. The van der Waals surface area contributed by atoms with E-state index in [-0.39, 0.29) is 22.8 Å². The summed E-state index contributed by atoms with van der Waals surface area (Å²) in [5.74, 6) is 0.836. The third-order valence-electron chi connectivity index (χ3n) is 8.63. The molecule has 0 bridgehead atoms. The maximum atomic E-state index is 13.6. The van der Waals surface area contributed by atoms with Crippen LogP contribution in [0.25, 0.3) is 0 Å². The van der Waals surface area contributed by atoms with E-state index in [1.807, 2.05) is 37.3 Å². The molecule has 3 heterocycles. The van der Waals surface area contributed by atoms with Crippen LogP contribution in [-0.4, -0.2) is 66.6 Å². The molecule has 252 valence electrons. The van der Waals surface area contributed by atoms with Gasteiger partial charge in [0, 0.05) is 37.9 Å². The lowest BCUT2D eigenvalue weighted by molar-refractivity contribution is -0.117. The summed E-state index contributed by atoms with van der Waals surface area (Å²) >= 11 is 0. The van der Waals surface area contributed by atoms with Crippen LogP contribution in [0.4, 0.5) is 29.2 Å². The number of aromatic nitrogens is 3. The number of nitrogens with one attached hydrogen (secondary N) is 3. The molecule has 48 heavy (non-hydrogen) atoms. The van der Waals surface area contributed by atoms with Gasteiger partial charge in [0.1, 0.15) is 11.8 Å². The number of carbonyl (C=O) groups is 1. The maximum absolute atomic E-state index is 13.6. The van der Waals surface area contributed by atoms with Crippen molar-refractivity contribution in [2.75, 3.05) is 46.6 Å². The number of hydrogen-bond donors (Lipinski definition) is 4. The molecule has 2 saturated heterocycles. The van der Waals surface area contributed by atoms with Crippen LogP contribution in [0.3, 0.4) is 0 Å². The highest BCUT2D eigenvalue weighted by Gasteiger charge is 2.27. The number of aromatic hydroxyl groups is 1. The zero-order valence-electron chi connectivity index (χ0n) is 27.1. The second-order valence-corrected chi connectivity index (χ2v) is 14.1. The molecule has 1 unspecified atom stereocenters. The zero-order valence-corrected chi connectivity index (χ0v) is 27.9. The minimum atomic E-state index is -4.02. The number of benzene rings is 3. The maximum Gasteiger partial charge on any atom is 0.243 e. The van der Waals surface area contributed by atoms with Crippen molar-refractivity contribution in [2.24, 2.45) is 0 Å². The van der Waals surface area contributed by atoms with E-state index >= 15 is 0 Å². The fraction of sp³-hybridized carbons (Fsp3) is 0.371. The van der Waals surface area contributed by atoms with E-state index in [0.29, 0.717) is 23.5 Å². The molecule has 6 rings (SSSR count). The topological polar surface area (TPSA) is 153 Å². The van der Waals surface area contributed by atoms with Crippen molar-refractivity contribution in [1.82, 2.24) is 19.7 Å². The van der Waals surface area contributed by atoms with E-state index in [4.69, 9.17) is 15.0 Å². The highest BCUT2D eigenvalue weighted by molar-refractivity contribution is 7.89. The third kappa shape index (κ3) is 8.39. The summed E-state index contributed by atoms with van der Waals surface area (Å²) in [4.78, 5) is 32.3. The molecule has 4 N–H and O–H groups in total. The monoisotopic (exact) mass is 670 g/mol. The fourth-order valence-corrected chi connectivity index (χ4v) is 7.15. The van der Waals surface area contributed by atoms with Crippen LogP contribution < -0.4 is 25.2 Å². The first-order valence-electron chi connectivity index (χ1n) is 16.5. The Balaban J connectivity index is 1.20. The smallest absolute Gasteiger partial charge is 0.243 e. The summed E-state index contributed by atoms with van der Waals surface area (Å²) in [5.41, 5.74) is 2.35. The molecule has 1 atom stereocenters. The summed E-state index contributed by atoms with van der Waals surface area (Å²) in [6.45, 7) is 5.44. The summed E-state index contributed by atoms with van der Waals surface area (Å²) in [6, 6.07) is 19.2. The molecule has 2 aliphatic heterocycles. The Morgan fingerprint density at radius 3 is 2.00 bits per heavy atom. The number of aryl methyl sites for hydroxylation is 1. The number of sulfonamides is 1. The van der Waals surface area contributed by atoms with Gasteiger partial charge in [-0.05, 0) is 81.7 Å². The van der Waals surface area contributed by atoms with Crippen molar-refractivity contribution in [2.45, 2.75) is 62.8 Å². The standard InChI is InChI=1S/C35H42N8O4S/c1-25-13-16-28(17-14-25)48(46,47)41-30(23-26-11-5-2-6-12-26)32(45)37-29-18-15-27(24-31(29)44)36-33-38-34(42-19-7-3-8-20-42)40-35(39-33)43-21-9-4-10-22-43/h2,5-6,11-18,24,30,41,44H,3-4,7-10,19-23H2,1H3,(H,37,45)(H,36,38,39,40). The van der Waals surface area contributed by atoms with Crippen molar-refractivity contribution < 1.29 is 18.3 Å². The average molecular weight is 671 g/mol. The minimum absolute atomic E-state index is 0.0578. The summed E-state index contributed by atoms with van der Waals surface area (Å²) in [5, 5.41) is 16.9. The number of piperidine rings is 2. The van der Waals surface area contributed by atoms with Gasteiger partial charge < -0.3 is 25.5 Å². The molecule has 3 aromatic carbocycles. The van der Waals surface area contributed by atoms with Gasteiger partial charge in [0.15, 0.2) is 0 Å². The second-order valence-electron chi connectivity index (χ2n) is 12.4. The molecule has 1 amide bonds. The molecule has 12 nitrogen and oxygen atoms in total. The van der Waals surface area contributed by atoms with Crippen LogP contribution in [0, 0.1) is 6.92 Å². The summed E-state index contributed by atoms with van der Waals surface area (Å²) < 4.78 is 29.1. The van der Waals surface area contributed by atoms with Gasteiger partial charge in [0.2, 0.25) is 33.8 Å². The van der Waals surface area contributed by atoms with Crippen LogP contribution in [-0.2, 0) is 21.2 Å². The number of rotatable bonds is 11. The normalized spacial score (nSPS) is 15.9. The van der Waals surface area contributed by atoms with E-state index in [1.54, 1.807) is 24.3 Å². The summed E-state index contributed by atoms with van der Waals surface area (Å²) in [6.07, 6.45) is 6.86. The number of phenols is 1. The van der Waals surface area contributed by atoms with Gasteiger partial charge >= 0.3 is 0 Å². The van der Waals surface area contributed by atoms with Crippen molar-refractivity contribution in [3.05, 3.63) is 83.9 Å². The van der Waals surface area contributed by atoms with Gasteiger partial charge in [0.05, 0.1) is 10.6 Å². The lowest BCUT2D eigenvalue weighted by Crippen LogP contribution is -2.45. The Morgan fingerprint density at radius 1 is 0.812 bits per heavy atom. The lowest BCUT2D eigenvalue weighted by atomic mass is 10.1. The molecule has 2 aliphatic rings. The van der Waals surface area contributed by atoms with Crippen LogP contribution >= 0.6 is 0 Å². The Bertz CT molecular complexity index is 1770. The van der Waals surface area contributed by atoms with Crippen molar-refractivity contribution in [1.29, 1.82) is 0 Å². The van der Waals surface area contributed by atoms with Gasteiger partial charge in [-0.1, -0.05) is 48.0 Å². The first kappa shape index (κ1) is 33.2. The number of phenolic OH excluding ortho intramolecular Hbond substituents is 1. The van der Waals surface area contributed by atoms with E-state index in [2.05, 4.69) is 25.2 Å². The molecular weight excluding hydrogens is 629 g/mol. The Kier molecular flexibility index (Phi) is 10.4. The third-order valence-corrected chi connectivity index (χ3v) is 10.1. The van der Waals surface area contributed by atoms with Gasteiger partial charge in [-0.2, -0.15) is 19.7 Å². The summed E-state index contributed by atoms with van der Waals surface area (Å²) in [7, 11) is -4.02. The highest BCUT2D eigenvalue weighted by atomic mass is 32.2. The minimum Gasteiger partial charge on any atom is -0.506 e. The van der Waals surface area contributed by atoms with E-state index in [9.17, 15) is 18.3 Å². The van der Waals surface area contributed by atoms with Gasteiger partial charge in [-0.3, -0.25) is 4.79 Å². The van der Waals surface area contributed by atoms with Crippen LogP contribution in [0.15, 0.2) is 77.7 Å². The van der Waals surface area contributed by atoms with Crippen LogP contribution in [0.5, 0.6) is 5.75 Å². The molecule has 2 fully saturated rings. The van der Waals surface area contributed by atoms with Gasteiger partial charge in [-0.25, -0.2) is 8.42 Å². The van der Waals surface area contributed by atoms with Gasteiger partial charge in [0.25, 0.3) is 0 Å². The van der Waals surface area contributed by atoms with E-state index < -0.39 is 22.0 Å². The lowest BCUT2D eigenvalue weighted by Gasteiger charge is -2.30. The van der Waals surface area contributed by atoms with E-state index in [1.165, 1.54) is 31.0 Å². The Labute approximate surface area is 281 Å². The van der Waals surface area contributed by atoms with Crippen molar-refractivity contribution in [3.8, 4) is 5.75 Å². The highest BCUT2D eigenvalue weighted by Crippen LogP contribution is 2.30. The van der Waals surface area contributed by atoms with E-state index in [0.717, 1.165) is 63.0 Å². The van der Waals surface area contributed by atoms with Crippen molar-refractivity contribution in [3.63, 3.8) is 0 Å². The molecule has 0 saturated carbocycles. The molecule has 13 heteroatoms. The van der Waals surface area contributed by atoms with Crippen molar-refractivity contribution >= 4 is 45.2 Å². The molecule has 0 radical (unpaired) electrons. The quantitative estimate of drug-likeness (QED) is 0.158. The number of carbonyl (C=O) groups excluding carboxylic acids is 1. The second kappa shape index (κ2) is 15.0. The number of nitrogens with zero attached hydrogens (tertiary/aromatic N) is 5. The fourth-order valence-electron chi connectivity index (χ4n) is 5.95. The Morgan fingerprint density at radius 2 is 1.42 bits per heavy atom. The Hall–Kier alpha value is -4.75. The van der Waals surface area contributed by atoms with Crippen LogP contribution in [0.1, 0.15) is 49.7 Å². The predicted molar refractivity (Wildman–Crippen MR) is 187 cm³/mol. The number of hydrogen-bond acceptors (Lipinski definition) is 10. The SMILES string of the molecule is Cc1ccc(S(=O)(=O)NC(Cc2ccccc2)C(=O)Nc2ccc(Nc3nc(N4CCCCC4)nc(N4CCCCC4)n3)cc2O)cc1. The first-order valence-corrected chi connectivity index (χ1v) is 18.0. The van der Waals surface area contributed by atoms with Crippen LogP contribution in [0.2, 0.25) is 0 Å².